The Morgan fingerprint density at radius 3 is 1.62 bits per heavy atom. The molecule has 0 aliphatic rings. The number of phenolic OH excluding ortho intramolecular Hbond substituents is 2. The molecule has 0 aliphatic carbocycles. The Morgan fingerprint density at radius 2 is 0.962 bits per heavy atom. The minimum atomic E-state index is 0.147. The van der Waals surface area contributed by atoms with Crippen molar-refractivity contribution in [1.82, 2.24) is 0 Å². The fraction of sp³-hybridized carbons (Fsp3) is 0. The van der Waals surface area contributed by atoms with Gasteiger partial charge in [0.25, 0.3) is 0 Å². The maximum atomic E-state index is 11.2. The van der Waals surface area contributed by atoms with E-state index in [2.05, 4.69) is 0 Å². The Hall–Kier alpha value is -3.52. The van der Waals surface area contributed by atoms with Crippen LogP contribution in [0.25, 0.3) is 33.4 Å². The second kappa shape index (κ2) is 6.77. The van der Waals surface area contributed by atoms with Crippen LogP contribution in [0.4, 0.5) is 0 Å². The van der Waals surface area contributed by atoms with Gasteiger partial charge in [-0.25, -0.2) is 0 Å². The number of para-hydroxylation sites is 1. The molecule has 2 heteroatoms. The van der Waals surface area contributed by atoms with Crippen molar-refractivity contribution in [3.8, 4) is 44.9 Å². The van der Waals surface area contributed by atoms with Gasteiger partial charge in [-0.1, -0.05) is 84.9 Å². The van der Waals surface area contributed by atoms with Gasteiger partial charge >= 0.3 is 0 Å². The van der Waals surface area contributed by atoms with Crippen LogP contribution in [0.15, 0.2) is 97.1 Å². The van der Waals surface area contributed by atoms with E-state index >= 15 is 0 Å². The predicted octanol–water partition coefficient (Wildman–Crippen LogP) is 6.10. The first-order valence-corrected chi connectivity index (χ1v) is 8.51. The van der Waals surface area contributed by atoms with Crippen LogP contribution in [0.5, 0.6) is 11.5 Å². The molecule has 0 saturated carbocycles. The third kappa shape index (κ3) is 2.82. The summed E-state index contributed by atoms with van der Waals surface area (Å²) < 4.78 is 0. The van der Waals surface area contributed by atoms with Gasteiger partial charge in [-0.2, -0.15) is 0 Å². The van der Waals surface area contributed by atoms with Gasteiger partial charge in [-0.05, 0) is 28.8 Å². The molecule has 0 aliphatic heterocycles. The average Bonchev–Trinajstić information content (AvgIpc) is 2.70. The summed E-state index contributed by atoms with van der Waals surface area (Å²) in [7, 11) is 0. The predicted molar refractivity (Wildman–Crippen MR) is 106 cm³/mol. The SMILES string of the molecule is Oc1ccccc1-c1ccc(-c2ccccc2)c(-c2ccccc2)c1O. The molecule has 0 atom stereocenters. The Kier molecular flexibility index (Phi) is 4.16. The van der Waals surface area contributed by atoms with E-state index in [4.69, 9.17) is 0 Å². The van der Waals surface area contributed by atoms with Gasteiger partial charge in [0.2, 0.25) is 0 Å². The van der Waals surface area contributed by atoms with Gasteiger partial charge in [0.15, 0.2) is 0 Å². The quantitative estimate of drug-likeness (QED) is 0.474. The van der Waals surface area contributed by atoms with Crippen LogP contribution in [-0.4, -0.2) is 10.2 Å². The zero-order chi connectivity index (χ0) is 17.9. The lowest BCUT2D eigenvalue weighted by Crippen LogP contribution is -1.90. The molecule has 4 aromatic rings. The van der Waals surface area contributed by atoms with E-state index in [0.717, 1.165) is 22.3 Å². The molecule has 0 unspecified atom stereocenters. The minimum absolute atomic E-state index is 0.147. The molecule has 0 radical (unpaired) electrons. The van der Waals surface area contributed by atoms with E-state index in [1.807, 2.05) is 78.9 Å². The van der Waals surface area contributed by atoms with Gasteiger partial charge in [-0.15, -0.1) is 0 Å². The lowest BCUT2D eigenvalue weighted by atomic mass is 9.89. The molecule has 0 bridgehead atoms. The topological polar surface area (TPSA) is 40.5 Å². The fourth-order valence-corrected chi connectivity index (χ4v) is 3.27. The molecule has 0 fully saturated rings. The molecule has 26 heavy (non-hydrogen) atoms. The summed E-state index contributed by atoms with van der Waals surface area (Å²) in [5.41, 5.74) is 4.90. The zero-order valence-corrected chi connectivity index (χ0v) is 14.1. The lowest BCUT2D eigenvalue weighted by Gasteiger charge is -2.16. The van der Waals surface area contributed by atoms with E-state index in [9.17, 15) is 10.2 Å². The first-order valence-electron chi connectivity index (χ1n) is 8.51. The minimum Gasteiger partial charge on any atom is -0.507 e. The van der Waals surface area contributed by atoms with E-state index in [1.165, 1.54) is 0 Å². The Bertz CT molecular complexity index is 1040. The maximum absolute atomic E-state index is 11.2. The highest BCUT2D eigenvalue weighted by Crippen LogP contribution is 2.45. The van der Waals surface area contributed by atoms with Crippen molar-refractivity contribution < 1.29 is 10.2 Å². The normalized spacial score (nSPS) is 10.6. The van der Waals surface area contributed by atoms with Crippen LogP contribution < -0.4 is 0 Å². The van der Waals surface area contributed by atoms with Crippen LogP contribution in [-0.2, 0) is 0 Å². The van der Waals surface area contributed by atoms with Crippen molar-refractivity contribution in [1.29, 1.82) is 0 Å². The third-order valence-electron chi connectivity index (χ3n) is 4.52. The van der Waals surface area contributed by atoms with Gasteiger partial charge < -0.3 is 10.2 Å². The third-order valence-corrected chi connectivity index (χ3v) is 4.52. The molecule has 0 saturated heterocycles. The highest BCUT2D eigenvalue weighted by atomic mass is 16.3. The van der Waals surface area contributed by atoms with Gasteiger partial charge in [0.1, 0.15) is 11.5 Å². The number of benzene rings is 4. The summed E-state index contributed by atoms with van der Waals surface area (Å²) in [6.45, 7) is 0. The van der Waals surface area contributed by atoms with Crippen molar-refractivity contribution in [3.63, 3.8) is 0 Å². The summed E-state index contributed by atoms with van der Waals surface area (Å²) in [5, 5.41) is 21.4. The van der Waals surface area contributed by atoms with E-state index in [-0.39, 0.29) is 11.5 Å². The number of rotatable bonds is 3. The van der Waals surface area contributed by atoms with Gasteiger partial charge in [0, 0.05) is 16.7 Å². The summed E-state index contributed by atoms with van der Waals surface area (Å²) in [5.74, 6) is 0.313. The van der Waals surface area contributed by atoms with E-state index in [1.54, 1.807) is 18.2 Å². The summed E-state index contributed by atoms with van der Waals surface area (Å²) in [4.78, 5) is 0. The van der Waals surface area contributed by atoms with Crippen molar-refractivity contribution in [3.05, 3.63) is 97.1 Å². The Balaban J connectivity index is 2.01. The fourth-order valence-electron chi connectivity index (χ4n) is 3.27. The number of hydrogen-bond donors (Lipinski definition) is 2. The molecule has 4 aromatic carbocycles. The monoisotopic (exact) mass is 338 g/mol. The van der Waals surface area contributed by atoms with Crippen molar-refractivity contribution in [2.75, 3.05) is 0 Å². The Morgan fingerprint density at radius 1 is 0.423 bits per heavy atom. The lowest BCUT2D eigenvalue weighted by molar-refractivity contribution is 0.470. The van der Waals surface area contributed by atoms with E-state index in [0.29, 0.717) is 11.1 Å². The van der Waals surface area contributed by atoms with Crippen LogP contribution in [0.2, 0.25) is 0 Å². The van der Waals surface area contributed by atoms with Crippen molar-refractivity contribution >= 4 is 0 Å². The second-order valence-electron chi connectivity index (χ2n) is 6.13. The van der Waals surface area contributed by atoms with Crippen molar-refractivity contribution in [2.24, 2.45) is 0 Å². The molecule has 0 spiro atoms. The van der Waals surface area contributed by atoms with E-state index < -0.39 is 0 Å². The van der Waals surface area contributed by atoms with Crippen LogP contribution in [0, 0.1) is 0 Å². The summed E-state index contributed by atoms with van der Waals surface area (Å²) in [6.07, 6.45) is 0. The maximum Gasteiger partial charge on any atom is 0.131 e. The standard InChI is InChI=1S/C24H18O2/c25-22-14-8-7-13-20(22)21-16-15-19(17-9-3-1-4-10-17)23(24(21)26)18-11-5-2-6-12-18/h1-16,25-26H. The van der Waals surface area contributed by atoms with Crippen molar-refractivity contribution in [2.45, 2.75) is 0 Å². The zero-order valence-electron chi connectivity index (χ0n) is 14.1. The summed E-state index contributed by atoms with van der Waals surface area (Å²) in [6, 6.07) is 30.7. The molecular weight excluding hydrogens is 320 g/mol. The first kappa shape index (κ1) is 16.0. The molecule has 2 N–H and O–H groups in total. The van der Waals surface area contributed by atoms with Crippen LogP contribution in [0.3, 0.4) is 0 Å². The number of aromatic hydroxyl groups is 2. The highest BCUT2D eigenvalue weighted by molar-refractivity contribution is 5.93. The molecule has 0 heterocycles. The first-order chi connectivity index (χ1) is 12.8. The smallest absolute Gasteiger partial charge is 0.131 e. The highest BCUT2D eigenvalue weighted by Gasteiger charge is 2.18. The van der Waals surface area contributed by atoms with Crippen LogP contribution >= 0.6 is 0 Å². The molecule has 2 nitrogen and oxygen atoms in total. The molecule has 4 rings (SSSR count). The average molecular weight is 338 g/mol. The van der Waals surface area contributed by atoms with Gasteiger partial charge in [0.05, 0.1) is 0 Å². The summed E-state index contributed by atoms with van der Waals surface area (Å²) >= 11 is 0. The number of hydrogen-bond acceptors (Lipinski definition) is 2. The Labute approximate surface area is 152 Å². The second-order valence-corrected chi connectivity index (χ2v) is 6.13. The molecule has 0 aromatic heterocycles. The molecule has 0 amide bonds. The molecule has 126 valence electrons. The molecular formula is C24H18O2. The number of phenols is 2. The van der Waals surface area contributed by atoms with Crippen LogP contribution in [0.1, 0.15) is 0 Å². The largest absolute Gasteiger partial charge is 0.507 e. The van der Waals surface area contributed by atoms with Gasteiger partial charge in [-0.3, -0.25) is 0 Å².